The van der Waals surface area contributed by atoms with Gasteiger partial charge in [0.25, 0.3) is 0 Å². The summed E-state index contributed by atoms with van der Waals surface area (Å²) in [5.41, 5.74) is 0.828. The number of halogens is 1. The Labute approximate surface area is 111 Å². The largest absolute Gasteiger partial charge is 0.426 e. The van der Waals surface area contributed by atoms with Crippen molar-refractivity contribution in [2.24, 2.45) is 0 Å². The van der Waals surface area contributed by atoms with Gasteiger partial charge >= 0.3 is 5.97 Å². The highest BCUT2D eigenvalue weighted by Gasteiger charge is 2.16. The van der Waals surface area contributed by atoms with Crippen LogP contribution >= 0.6 is 11.6 Å². The molecule has 0 spiro atoms. The molecule has 0 saturated heterocycles. The molecule has 1 aromatic rings. The summed E-state index contributed by atoms with van der Waals surface area (Å²) in [7, 11) is 2.93. The Balaban J connectivity index is 3.00. The maximum absolute atomic E-state index is 11.0. The number of ether oxygens (including phenoxy) is 3. The Bertz CT molecular complexity index is 421. The molecular formula is C13H15ClO4. The van der Waals surface area contributed by atoms with Crippen molar-refractivity contribution in [1.29, 1.82) is 0 Å². The molecule has 98 valence electrons. The van der Waals surface area contributed by atoms with Crippen molar-refractivity contribution < 1.29 is 19.0 Å². The summed E-state index contributed by atoms with van der Waals surface area (Å²) in [4.78, 5) is 11.0. The molecule has 0 fully saturated rings. The fraction of sp³-hybridized carbons (Fsp3) is 0.308. The van der Waals surface area contributed by atoms with Crippen LogP contribution < -0.4 is 0 Å². The van der Waals surface area contributed by atoms with E-state index in [4.69, 9.17) is 25.8 Å². The van der Waals surface area contributed by atoms with Crippen LogP contribution in [0.5, 0.6) is 0 Å². The van der Waals surface area contributed by atoms with Crippen LogP contribution in [-0.4, -0.2) is 26.5 Å². The predicted molar refractivity (Wildman–Crippen MR) is 69.0 cm³/mol. The maximum Gasteiger partial charge on any atom is 0.307 e. The summed E-state index contributed by atoms with van der Waals surface area (Å²) in [5, 5.41) is 0.635. The highest BCUT2D eigenvalue weighted by Crippen LogP contribution is 2.17. The molecule has 0 radical (unpaired) electrons. The van der Waals surface area contributed by atoms with Gasteiger partial charge in [0.15, 0.2) is 5.76 Å². The molecule has 4 nitrogen and oxygen atoms in total. The van der Waals surface area contributed by atoms with Crippen molar-refractivity contribution in [1.82, 2.24) is 0 Å². The number of methoxy groups -OCH3 is 2. The minimum absolute atomic E-state index is 0.287. The molecule has 0 bridgehead atoms. The monoisotopic (exact) mass is 270 g/mol. The maximum atomic E-state index is 11.0. The zero-order valence-corrected chi connectivity index (χ0v) is 11.2. The molecule has 0 aliphatic carbocycles. The third kappa shape index (κ3) is 4.49. The standard InChI is InChI=1S/C13H15ClO4/c1-9(15)18-12(13(16-2)17-3)8-10-4-6-11(14)7-5-10/h4-8,13H,1-3H3/b12-8+. The molecule has 0 aliphatic heterocycles. The summed E-state index contributed by atoms with van der Waals surface area (Å²) >= 11 is 5.79. The van der Waals surface area contributed by atoms with Crippen LogP contribution in [0.2, 0.25) is 5.02 Å². The second kappa shape index (κ2) is 7.16. The normalized spacial score (nSPS) is 11.7. The first-order valence-electron chi connectivity index (χ1n) is 5.28. The van der Waals surface area contributed by atoms with Crippen molar-refractivity contribution in [3.05, 3.63) is 40.6 Å². The average molecular weight is 271 g/mol. The van der Waals surface area contributed by atoms with Crippen molar-refractivity contribution in [2.45, 2.75) is 13.2 Å². The van der Waals surface area contributed by atoms with Gasteiger partial charge in [-0.3, -0.25) is 4.79 Å². The van der Waals surface area contributed by atoms with Gasteiger partial charge in [-0.05, 0) is 23.8 Å². The highest BCUT2D eigenvalue weighted by atomic mass is 35.5. The quantitative estimate of drug-likeness (QED) is 0.469. The molecule has 0 N–H and O–H groups in total. The molecular weight excluding hydrogens is 256 g/mol. The van der Waals surface area contributed by atoms with Crippen LogP contribution in [0.25, 0.3) is 6.08 Å². The summed E-state index contributed by atoms with van der Waals surface area (Å²) in [5.74, 6) is -0.149. The number of hydrogen-bond donors (Lipinski definition) is 0. The minimum atomic E-state index is -0.732. The van der Waals surface area contributed by atoms with Crippen LogP contribution in [0.4, 0.5) is 0 Å². The van der Waals surface area contributed by atoms with Crippen LogP contribution in [0.3, 0.4) is 0 Å². The molecule has 0 unspecified atom stereocenters. The van der Waals surface area contributed by atoms with Crippen LogP contribution in [-0.2, 0) is 19.0 Å². The van der Waals surface area contributed by atoms with E-state index in [0.29, 0.717) is 5.02 Å². The van der Waals surface area contributed by atoms with Crippen molar-refractivity contribution >= 4 is 23.6 Å². The van der Waals surface area contributed by atoms with E-state index in [1.807, 2.05) is 0 Å². The number of benzene rings is 1. The van der Waals surface area contributed by atoms with Crippen molar-refractivity contribution in [3.8, 4) is 0 Å². The van der Waals surface area contributed by atoms with E-state index < -0.39 is 12.3 Å². The van der Waals surface area contributed by atoms with E-state index in [1.165, 1.54) is 21.1 Å². The van der Waals surface area contributed by atoms with E-state index >= 15 is 0 Å². The topological polar surface area (TPSA) is 44.8 Å². The molecule has 0 heterocycles. The van der Waals surface area contributed by atoms with Crippen LogP contribution in [0.15, 0.2) is 30.0 Å². The van der Waals surface area contributed by atoms with Gasteiger partial charge in [0.05, 0.1) is 0 Å². The lowest BCUT2D eigenvalue weighted by Gasteiger charge is -2.16. The molecule has 0 atom stereocenters. The van der Waals surface area contributed by atoms with Gasteiger partial charge in [0.2, 0.25) is 6.29 Å². The van der Waals surface area contributed by atoms with Crippen LogP contribution in [0.1, 0.15) is 12.5 Å². The van der Waals surface area contributed by atoms with Gasteiger partial charge in [0, 0.05) is 26.2 Å². The van der Waals surface area contributed by atoms with E-state index in [1.54, 1.807) is 30.3 Å². The molecule has 1 aromatic carbocycles. The van der Waals surface area contributed by atoms with E-state index in [0.717, 1.165) is 5.56 Å². The van der Waals surface area contributed by atoms with Crippen molar-refractivity contribution in [3.63, 3.8) is 0 Å². The Morgan fingerprint density at radius 3 is 2.22 bits per heavy atom. The smallest absolute Gasteiger partial charge is 0.307 e. The molecule has 0 aliphatic rings. The fourth-order valence-corrected chi connectivity index (χ4v) is 1.49. The predicted octanol–water partition coefficient (Wildman–Crippen LogP) is 2.86. The summed E-state index contributed by atoms with van der Waals surface area (Å²) in [6, 6.07) is 7.09. The second-order valence-corrected chi connectivity index (χ2v) is 3.93. The SMILES string of the molecule is COC(OC)/C(=C\c1ccc(Cl)cc1)OC(C)=O. The first-order chi connectivity index (χ1) is 8.56. The number of rotatable bonds is 5. The number of carbonyl (C=O) groups is 1. The van der Waals surface area contributed by atoms with Crippen LogP contribution in [0, 0.1) is 0 Å². The summed E-state index contributed by atoms with van der Waals surface area (Å²) in [6.45, 7) is 1.32. The van der Waals surface area contributed by atoms with Gasteiger partial charge in [-0.15, -0.1) is 0 Å². The highest BCUT2D eigenvalue weighted by molar-refractivity contribution is 6.30. The van der Waals surface area contributed by atoms with Gasteiger partial charge in [-0.1, -0.05) is 23.7 Å². The van der Waals surface area contributed by atoms with E-state index in [2.05, 4.69) is 0 Å². The number of esters is 1. The van der Waals surface area contributed by atoms with E-state index in [-0.39, 0.29) is 5.76 Å². The van der Waals surface area contributed by atoms with Gasteiger partial charge in [0.1, 0.15) is 0 Å². The molecule has 0 amide bonds. The third-order valence-corrected chi connectivity index (χ3v) is 2.35. The molecule has 18 heavy (non-hydrogen) atoms. The van der Waals surface area contributed by atoms with Crippen molar-refractivity contribution in [2.75, 3.05) is 14.2 Å². The average Bonchev–Trinajstić information content (AvgIpc) is 2.33. The molecule has 5 heteroatoms. The molecule has 1 rings (SSSR count). The van der Waals surface area contributed by atoms with E-state index in [9.17, 15) is 4.79 Å². The van der Waals surface area contributed by atoms with Gasteiger partial charge in [-0.25, -0.2) is 0 Å². The summed E-state index contributed by atoms with van der Waals surface area (Å²) < 4.78 is 15.2. The lowest BCUT2D eigenvalue weighted by atomic mass is 10.2. The third-order valence-electron chi connectivity index (χ3n) is 2.10. The lowest BCUT2D eigenvalue weighted by molar-refractivity contribution is -0.147. The zero-order chi connectivity index (χ0) is 13.5. The second-order valence-electron chi connectivity index (χ2n) is 3.50. The molecule has 0 aromatic heterocycles. The Hall–Kier alpha value is -1.36. The number of hydrogen-bond acceptors (Lipinski definition) is 4. The fourth-order valence-electron chi connectivity index (χ4n) is 1.36. The first kappa shape index (κ1) is 14.7. The summed E-state index contributed by atoms with van der Waals surface area (Å²) in [6.07, 6.45) is 0.930. The lowest BCUT2D eigenvalue weighted by Crippen LogP contribution is -2.19. The Morgan fingerprint density at radius 2 is 1.78 bits per heavy atom. The first-order valence-corrected chi connectivity index (χ1v) is 5.65. The zero-order valence-electron chi connectivity index (χ0n) is 10.5. The van der Waals surface area contributed by atoms with Gasteiger partial charge in [-0.2, -0.15) is 0 Å². The Kier molecular flexibility index (Phi) is 5.85. The Morgan fingerprint density at radius 1 is 1.22 bits per heavy atom. The number of carbonyl (C=O) groups excluding carboxylic acids is 1. The van der Waals surface area contributed by atoms with Gasteiger partial charge < -0.3 is 14.2 Å². The molecule has 0 saturated carbocycles. The minimum Gasteiger partial charge on any atom is -0.426 e.